The lowest BCUT2D eigenvalue weighted by Gasteiger charge is -2.13. The Labute approximate surface area is 120 Å². The quantitative estimate of drug-likeness (QED) is 0.844. The smallest absolute Gasteiger partial charge is 0.246 e. The molecule has 1 atom stereocenters. The van der Waals surface area contributed by atoms with Crippen molar-refractivity contribution in [3.63, 3.8) is 0 Å². The molecule has 0 radical (unpaired) electrons. The first-order chi connectivity index (χ1) is 9.63. The molecule has 2 rings (SSSR count). The minimum absolute atomic E-state index is 0.297. The van der Waals surface area contributed by atoms with E-state index in [0.29, 0.717) is 24.4 Å². The van der Waals surface area contributed by atoms with Crippen LogP contribution in [-0.4, -0.2) is 21.3 Å². The lowest BCUT2D eigenvalue weighted by molar-refractivity contribution is 0.364. The van der Waals surface area contributed by atoms with Crippen LogP contribution in [0.4, 0.5) is 0 Å². The molecule has 0 spiro atoms. The van der Waals surface area contributed by atoms with Crippen LogP contribution in [0.3, 0.4) is 0 Å². The first-order valence-corrected chi connectivity index (χ1v) is 7.35. The fourth-order valence-electron chi connectivity index (χ4n) is 2.23. The van der Waals surface area contributed by atoms with Crippen LogP contribution in [0.5, 0.6) is 0 Å². The Morgan fingerprint density at radius 1 is 1.35 bits per heavy atom. The molecule has 2 aromatic rings. The van der Waals surface area contributed by atoms with E-state index in [1.165, 1.54) is 5.56 Å². The highest BCUT2D eigenvalue weighted by atomic mass is 16.5. The standard InChI is InChI=1S/C15H24N4O/c1-5-13(16-6-2)12-7-8-19(9-12)10-14-17-15(11(3)4)18-20-14/h7-9,11,13,16H,5-6,10H2,1-4H3. The second-order valence-electron chi connectivity index (χ2n) is 5.34. The van der Waals surface area contributed by atoms with Gasteiger partial charge < -0.3 is 14.4 Å². The zero-order chi connectivity index (χ0) is 14.5. The van der Waals surface area contributed by atoms with Crippen LogP contribution in [0.15, 0.2) is 23.0 Å². The Morgan fingerprint density at radius 3 is 2.75 bits per heavy atom. The van der Waals surface area contributed by atoms with Crippen molar-refractivity contribution in [2.24, 2.45) is 0 Å². The van der Waals surface area contributed by atoms with Crippen LogP contribution in [0.2, 0.25) is 0 Å². The van der Waals surface area contributed by atoms with Gasteiger partial charge >= 0.3 is 0 Å². The van der Waals surface area contributed by atoms with E-state index in [1.807, 2.05) is 0 Å². The summed E-state index contributed by atoms with van der Waals surface area (Å²) >= 11 is 0. The summed E-state index contributed by atoms with van der Waals surface area (Å²) in [5.41, 5.74) is 1.30. The number of rotatable bonds is 7. The summed E-state index contributed by atoms with van der Waals surface area (Å²) in [6, 6.07) is 2.56. The van der Waals surface area contributed by atoms with Gasteiger partial charge in [0.05, 0.1) is 0 Å². The minimum Gasteiger partial charge on any atom is -0.345 e. The van der Waals surface area contributed by atoms with Crippen molar-refractivity contribution in [3.05, 3.63) is 35.7 Å². The fourth-order valence-corrected chi connectivity index (χ4v) is 2.23. The molecule has 5 nitrogen and oxygen atoms in total. The summed E-state index contributed by atoms with van der Waals surface area (Å²) < 4.78 is 7.37. The third-order valence-electron chi connectivity index (χ3n) is 3.35. The Kier molecular flexibility index (Phi) is 4.95. The van der Waals surface area contributed by atoms with Crippen molar-refractivity contribution >= 4 is 0 Å². The number of aromatic nitrogens is 3. The minimum atomic E-state index is 0.297. The molecule has 0 aromatic carbocycles. The molecule has 20 heavy (non-hydrogen) atoms. The summed E-state index contributed by atoms with van der Waals surface area (Å²) in [5, 5.41) is 7.47. The molecule has 0 saturated carbocycles. The largest absolute Gasteiger partial charge is 0.345 e. The molecule has 0 aliphatic carbocycles. The topological polar surface area (TPSA) is 55.9 Å². The van der Waals surface area contributed by atoms with Gasteiger partial charge in [0.25, 0.3) is 0 Å². The average molecular weight is 276 g/mol. The van der Waals surface area contributed by atoms with Crippen LogP contribution in [-0.2, 0) is 6.54 Å². The molecule has 0 fully saturated rings. The van der Waals surface area contributed by atoms with Crippen LogP contribution in [0, 0.1) is 0 Å². The van der Waals surface area contributed by atoms with Crippen molar-refractivity contribution in [2.45, 2.75) is 52.6 Å². The van der Waals surface area contributed by atoms with Crippen molar-refractivity contribution in [3.8, 4) is 0 Å². The Hall–Kier alpha value is -1.62. The SMILES string of the molecule is CCNC(CC)c1ccn(Cc2nc(C(C)C)no2)c1. The van der Waals surface area contributed by atoms with Crippen LogP contribution >= 0.6 is 0 Å². The van der Waals surface area contributed by atoms with Gasteiger partial charge in [0.15, 0.2) is 5.82 Å². The van der Waals surface area contributed by atoms with Gasteiger partial charge in [-0.25, -0.2) is 0 Å². The summed E-state index contributed by atoms with van der Waals surface area (Å²) in [5.74, 6) is 1.73. The van der Waals surface area contributed by atoms with Gasteiger partial charge in [-0.05, 0) is 24.6 Å². The van der Waals surface area contributed by atoms with Gasteiger partial charge in [0.1, 0.15) is 6.54 Å². The molecule has 5 heteroatoms. The number of nitrogens with zero attached hydrogens (tertiary/aromatic N) is 3. The molecular weight excluding hydrogens is 252 g/mol. The predicted molar refractivity (Wildman–Crippen MR) is 78.6 cm³/mol. The van der Waals surface area contributed by atoms with E-state index in [9.17, 15) is 0 Å². The normalized spacial score (nSPS) is 13.1. The lowest BCUT2D eigenvalue weighted by atomic mass is 10.1. The predicted octanol–water partition coefficient (Wildman–Crippen LogP) is 3.10. The zero-order valence-electron chi connectivity index (χ0n) is 12.8. The van der Waals surface area contributed by atoms with E-state index in [-0.39, 0.29) is 0 Å². The van der Waals surface area contributed by atoms with Gasteiger partial charge in [-0.1, -0.05) is 32.9 Å². The van der Waals surface area contributed by atoms with Gasteiger partial charge in [-0.3, -0.25) is 0 Å². The van der Waals surface area contributed by atoms with Crippen molar-refractivity contribution in [1.29, 1.82) is 0 Å². The molecule has 0 amide bonds. The maximum atomic E-state index is 5.28. The van der Waals surface area contributed by atoms with Crippen LogP contribution < -0.4 is 5.32 Å². The van der Waals surface area contributed by atoms with Crippen molar-refractivity contribution < 1.29 is 4.52 Å². The summed E-state index contributed by atoms with van der Waals surface area (Å²) in [6.07, 6.45) is 5.29. The van der Waals surface area contributed by atoms with E-state index < -0.39 is 0 Å². The summed E-state index contributed by atoms with van der Waals surface area (Å²) in [6.45, 7) is 10.0. The lowest BCUT2D eigenvalue weighted by Crippen LogP contribution is -2.19. The molecular formula is C15H24N4O. The summed E-state index contributed by atoms with van der Waals surface area (Å²) in [7, 11) is 0. The van der Waals surface area contributed by atoms with Gasteiger partial charge in [0.2, 0.25) is 5.89 Å². The second kappa shape index (κ2) is 6.70. The third-order valence-corrected chi connectivity index (χ3v) is 3.35. The van der Waals surface area contributed by atoms with Gasteiger partial charge in [-0.15, -0.1) is 0 Å². The summed E-state index contributed by atoms with van der Waals surface area (Å²) in [4.78, 5) is 4.40. The van der Waals surface area contributed by atoms with Crippen LogP contribution in [0.25, 0.3) is 0 Å². The number of hydrogen-bond acceptors (Lipinski definition) is 4. The Bertz CT molecular complexity index is 529. The molecule has 2 aromatic heterocycles. The average Bonchev–Trinajstić information content (AvgIpc) is 3.06. The number of hydrogen-bond donors (Lipinski definition) is 1. The Balaban J connectivity index is 2.04. The second-order valence-corrected chi connectivity index (χ2v) is 5.34. The van der Waals surface area contributed by atoms with E-state index in [1.54, 1.807) is 0 Å². The molecule has 1 N–H and O–H groups in total. The maximum Gasteiger partial charge on any atom is 0.246 e. The highest BCUT2D eigenvalue weighted by Gasteiger charge is 2.12. The molecule has 110 valence electrons. The molecule has 0 bridgehead atoms. The molecule has 2 heterocycles. The fraction of sp³-hybridized carbons (Fsp3) is 0.600. The van der Waals surface area contributed by atoms with Gasteiger partial charge in [0, 0.05) is 24.4 Å². The highest BCUT2D eigenvalue weighted by Crippen LogP contribution is 2.17. The Morgan fingerprint density at radius 2 is 2.15 bits per heavy atom. The monoisotopic (exact) mass is 276 g/mol. The maximum absolute atomic E-state index is 5.28. The number of nitrogens with one attached hydrogen (secondary N) is 1. The van der Waals surface area contributed by atoms with Crippen LogP contribution in [0.1, 0.15) is 63.4 Å². The third kappa shape index (κ3) is 3.48. The van der Waals surface area contributed by atoms with E-state index in [2.05, 4.69) is 66.2 Å². The van der Waals surface area contributed by atoms with E-state index in [4.69, 9.17) is 4.52 Å². The molecule has 1 unspecified atom stereocenters. The zero-order valence-corrected chi connectivity index (χ0v) is 12.8. The molecule has 0 aliphatic heterocycles. The molecule has 0 aliphatic rings. The van der Waals surface area contributed by atoms with Gasteiger partial charge in [-0.2, -0.15) is 4.98 Å². The van der Waals surface area contributed by atoms with Crippen molar-refractivity contribution in [1.82, 2.24) is 20.0 Å². The highest BCUT2D eigenvalue weighted by molar-refractivity contribution is 5.15. The molecule has 0 saturated heterocycles. The van der Waals surface area contributed by atoms with Crippen molar-refractivity contribution in [2.75, 3.05) is 6.54 Å². The van der Waals surface area contributed by atoms with E-state index >= 15 is 0 Å². The van der Waals surface area contributed by atoms with E-state index in [0.717, 1.165) is 18.8 Å². The first-order valence-electron chi connectivity index (χ1n) is 7.35. The first kappa shape index (κ1) is 14.8.